The number of hydrogen-bond acceptors (Lipinski definition) is 3. The first-order chi connectivity index (χ1) is 9.24. The first-order valence-corrected chi connectivity index (χ1v) is 9.20. The third-order valence-corrected chi connectivity index (χ3v) is 5.51. The van der Waals surface area contributed by atoms with Crippen LogP contribution in [0.15, 0.2) is 40.2 Å². The van der Waals surface area contributed by atoms with Crippen molar-refractivity contribution >= 4 is 50.6 Å². The van der Waals surface area contributed by atoms with E-state index in [1.165, 1.54) is 14.9 Å². The lowest BCUT2D eigenvalue weighted by Gasteiger charge is -2.04. The molecule has 5 heteroatoms. The molecule has 0 atom stereocenters. The van der Waals surface area contributed by atoms with Crippen molar-refractivity contribution in [2.24, 2.45) is 0 Å². The molecule has 0 aliphatic rings. The van der Waals surface area contributed by atoms with Gasteiger partial charge in [-0.3, -0.25) is 0 Å². The molecule has 2 rings (SSSR count). The number of rotatable bonds is 7. The van der Waals surface area contributed by atoms with Crippen molar-refractivity contribution in [1.29, 1.82) is 0 Å². The predicted molar refractivity (Wildman–Crippen MR) is 91.3 cm³/mol. The molecule has 0 fully saturated rings. The number of hydrogen-bond donors (Lipinski definition) is 1. The number of nitrogens with one attached hydrogen (secondary N) is 1. The quantitative estimate of drug-likeness (QED) is 0.668. The van der Waals surface area contributed by atoms with Gasteiger partial charge in [-0.2, -0.15) is 11.8 Å². The van der Waals surface area contributed by atoms with Crippen molar-refractivity contribution in [3.8, 4) is 0 Å². The first kappa shape index (κ1) is 15.4. The molecule has 0 saturated heterocycles. The van der Waals surface area contributed by atoms with Crippen molar-refractivity contribution in [2.45, 2.75) is 12.3 Å². The van der Waals surface area contributed by atoms with Crippen molar-refractivity contribution in [3.63, 3.8) is 0 Å². The Morgan fingerprint density at radius 2 is 2.05 bits per heavy atom. The van der Waals surface area contributed by atoms with Crippen molar-refractivity contribution in [2.75, 3.05) is 12.3 Å². The molecular formula is C14H15BrClNS2. The maximum Gasteiger partial charge on any atom is 0.0406 e. The van der Waals surface area contributed by atoms with E-state index in [9.17, 15) is 0 Å². The average molecular weight is 377 g/mol. The Bertz CT molecular complexity index is 498. The molecule has 0 amide bonds. The van der Waals surface area contributed by atoms with Gasteiger partial charge in [-0.1, -0.05) is 23.7 Å². The van der Waals surface area contributed by atoms with Crippen LogP contribution >= 0.6 is 50.6 Å². The van der Waals surface area contributed by atoms with Crippen molar-refractivity contribution < 1.29 is 0 Å². The Hall–Kier alpha value is -0.000000000000000111. The van der Waals surface area contributed by atoms with Crippen molar-refractivity contribution in [3.05, 3.63) is 55.6 Å². The third kappa shape index (κ3) is 5.88. The van der Waals surface area contributed by atoms with Crippen LogP contribution in [0.1, 0.15) is 10.4 Å². The second-order valence-electron chi connectivity index (χ2n) is 4.09. The minimum atomic E-state index is 0.803. The fourth-order valence-corrected chi connectivity index (χ4v) is 3.98. The number of halogens is 2. The fourth-order valence-electron chi connectivity index (χ4n) is 1.57. The van der Waals surface area contributed by atoms with E-state index in [4.69, 9.17) is 11.6 Å². The van der Waals surface area contributed by atoms with E-state index in [0.29, 0.717) is 0 Å². The van der Waals surface area contributed by atoms with E-state index >= 15 is 0 Å². The lowest BCUT2D eigenvalue weighted by atomic mass is 10.2. The highest BCUT2D eigenvalue weighted by Gasteiger charge is 1.97. The topological polar surface area (TPSA) is 12.0 Å². The molecule has 1 aromatic carbocycles. The van der Waals surface area contributed by atoms with Gasteiger partial charge < -0.3 is 5.32 Å². The van der Waals surface area contributed by atoms with Gasteiger partial charge in [0, 0.05) is 44.3 Å². The van der Waals surface area contributed by atoms with Gasteiger partial charge >= 0.3 is 0 Å². The maximum absolute atomic E-state index is 5.86. The monoisotopic (exact) mass is 375 g/mol. The molecule has 2 aromatic rings. The Morgan fingerprint density at radius 3 is 2.74 bits per heavy atom. The smallest absolute Gasteiger partial charge is 0.0406 e. The van der Waals surface area contributed by atoms with Gasteiger partial charge in [-0.05, 0) is 39.7 Å². The molecule has 0 bridgehead atoms. The highest BCUT2D eigenvalue weighted by atomic mass is 79.9. The second-order valence-corrected chi connectivity index (χ2v) is 7.54. The summed E-state index contributed by atoms with van der Waals surface area (Å²) in [6.45, 7) is 1.99. The molecule has 0 aliphatic carbocycles. The Kier molecular flexibility index (Phi) is 6.74. The molecule has 0 saturated carbocycles. The molecule has 19 heavy (non-hydrogen) atoms. The second kappa shape index (κ2) is 8.32. The van der Waals surface area contributed by atoms with Crippen LogP contribution in [-0.2, 0) is 12.3 Å². The van der Waals surface area contributed by atoms with Crippen LogP contribution in [0.2, 0.25) is 5.02 Å². The average Bonchev–Trinajstić information content (AvgIpc) is 2.81. The zero-order valence-electron chi connectivity index (χ0n) is 10.4. The predicted octanol–water partition coefficient (Wildman–Crippen LogP) is 5.19. The standard InChI is InChI=1S/C14H15BrClNS2/c15-12-7-14(19-10-12)8-17-5-6-18-9-11-1-3-13(16)4-2-11/h1-4,7,10,17H,5-6,8-9H2. The van der Waals surface area contributed by atoms with Crippen LogP contribution < -0.4 is 5.32 Å². The minimum absolute atomic E-state index is 0.803. The molecule has 0 radical (unpaired) electrons. The molecule has 0 aliphatic heterocycles. The highest BCUT2D eigenvalue weighted by Crippen LogP contribution is 2.19. The van der Waals surface area contributed by atoms with Gasteiger partial charge in [0.1, 0.15) is 0 Å². The van der Waals surface area contributed by atoms with Crippen LogP contribution in [0, 0.1) is 0 Å². The largest absolute Gasteiger partial charge is 0.311 e. The van der Waals surface area contributed by atoms with Crippen LogP contribution in [-0.4, -0.2) is 12.3 Å². The Labute approximate surface area is 135 Å². The van der Waals surface area contributed by atoms with Gasteiger partial charge in [0.2, 0.25) is 0 Å². The fraction of sp³-hybridized carbons (Fsp3) is 0.286. The first-order valence-electron chi connectivity index (χ1n) is 6.00. The summed E-state index contributed by atoms with van der Waals surface area (Å²) in [4.78, 5) is 1.37. The van der Waals surface area contributed by atoms with Gasteiger partial charge in [-0.15, -0.1) is 11.3 Å². The lowest BCUT2D eigenvalue weighted by Crippen LogP contribution is -2.15. The minimum Gasteiger partial charge on any atom is -0.311 e. The summed E-state index contributed by atoms with van der Waals surface area (Å²) in [5.74, 6) is 2.17. The summed E-state index contributed by atoms with van der Waals surface area (Å²) in [5, 5.41) is 6.38. The molecule has 1 nitrogen and oxygen atoms in total. The van der Waals surface area contributed by atoms with E-state index in [0.717, 1.165) is 29.6 Å². The highest BCUT2D eigenvalue weighted by molar-refractivity contribution is 9.10. The van der Waals surface area contributed by atoms with E-state index < -0.39 is 0 Å². The summed E-state index contributed by atoms with van der Waals surface area (Å²) in [5.41, 5.74) is 1.33. The molecule has 102 valence electrons. The summed E-state index contributed by atoms with van der Waals surface area (Å²) in [6, 6.07) is 10.2. The summed E-state index contributed by atoms with van der Waals surface area (Å²) in [6.07, 6.45) is 0. The molecule has 1 aromatic heterocycles. The normalized spacial score (nSPS) is 10.8. The van der Waals surface area contributed by atoms with Crippen molar-refractivity contribution in [1.82, 2.24) is 5.32 Å². The Balaban J connectivity index is 1.56. The number of thioether (sulfide) groups is 1. The number of benzene rings is 1. The molecule has 0 unspecified atom stereocenters. The van der Waals surface area contributed by atoms with Gasteiger partial charge in [0.15, 0.2) is 0 Å². The van der Waals surface area contributed by atoms with Crippen LogP contribution in [0.5, 0.6) is 0 Å². The SMILES string of the molecule is Clc1ccc(CSCCNCc2cc(Br)cs2)cc1. The van der Waals surface area contributed by atoms with Gasteiger partial charge in [0.25, 0.3) is 0 Å². The van der Waals surface area contributed by atoms with E-state index in [1.54, 1.807) is 11.3 Å². The van der Waals surface area contributed by atoms with E-state index in [1.807, 2.05) is 23.9 Å². The summed E-state index contributed by atoms with van der Waals surface area (Å²) in [7, 11) is 0. The molecule has 0 spiro atoms. The summed E-state index contributed by atoms with van der Waals surface area (Å²) < 4.78 is 1.17. The number of thiophene rings is 1. The zero-order chi connectivity index (χ0) is 13.5. The molecular weight excluding hydrogens is 362 g/mol. The summed E-state index contributed by atoms with van der Waals surface area (Å²) >= 11 is 13.0. The molecule has 1 N–H and O–H groups in total. The lowest BCUT2D eigenvalue weighted by molar-refractivity contribution is 0.741. The van der Waals surface area contributed by atoms with Crippen LogP contribution in [0.3, 0.4) is 0 Å². The van der Waals surface area contributed by atoms with Crippen LogP contribution in [0.25, 0.3) is 0 Å². The van der Waals surface area contributed by atoms with E-state index in [-0.39, 0.29) is 0 Å². The maximum atomic E-state index is 5.86. The van der Waals surface area contributed by atoms with E-state index in [2.05, 4.69) is 44.8 Å². The third-order valence-electron chi connectivity index (χ3n) is 2.53. The zero-order valence-corrected chi connectivity index (χ0v) is 14.3. The van der Waals surface area contributed by atoms with Gasteiger partial charge in [0.05, 0.1) is 0 Å². The van der Waals surface area contributed by atoms with Gasteiger partial charge in [-0.25, -0.2) is 0 Å². The molecule has 1 heterocycles. The van der Waals surface area contributed by atoms with Crippen LogP contribution in [0.4, 0.5) is 0 Å². The Morgan fingerprint density at radius 1 is 1.26 bits per heavy atom.